The Bertz CT molecular complexity index is 581. The van der Waals surface area contributed by atoms with E-state index in [4.69, 9.17) is 4.42 Å². The molecule has 1 atom stereocenters. The Kier molecular flexibility index (Phi) is 4.98. The van der Waals surface area contributed by atoms with Crippen LogP contribution in [0.4, 0.5) is 4.79 Å². The van der Waals surface area contributed by atoms with Crippen molar-refractivity contribution in [3.05, 3.63) is 60.1 Å². The van der Waals surface area contributed by atoms with Crippen molar-refractivity contribution < 1.29 is 19.1 Å². The molecule has 0 spiro atoms. The maximum Gasteiger partial charge on any atom is 0.326 e. The van der Waals surface area contributed by atoms with Crippen molar-refractivity contribution in [2.24, 2.45) is 0 Å². The number of urea groups is 1. The second kappa shape index (κ2) is 7.14. The van der Waals surface area contributed by atoms with Gasteiger partial charge in [0.15, 0.2) is 0 Å². The molecular weight excluding hydrogens is 272 g/mol. The molecule has 21 heavy (non-hydrogen) atoms. The molecule has 6 heteroatoms. The molecule has 3 N–H and O–H groups in total. The molecule has 0 radical (unpaired) electrons. The van der Waals surface area contributed by atoms with E-state index in [1.807, 2.05) is 30.3 Å². The summed E-state index contributed by atoms with van der Waals surface area (Å²) in [6.45, 7) is 0.278. The van der Waals surface area contributed by atoms with Crippen molar-refractivity contribution in [1.29, 1.82) is 0 Å². The molecular formula is C15H16N2O4. The van der Waals surface area contributed by atoms with Crippen molar-refractivity contribution in [2.75, 3.05) is 0 Å². The van der Waals surface area contributed by atoms with Crippen molar-refractivity contribution in [2.45, 2.75) is 19.0 Å². The number of furan rings is 1. The molecule has 0 saturated carbocycles. The maximum absolute atomic E-state index is 11.7. The highest BCUT2D eigenvalue weighted by atomic mass is 16.4. The smallest absolute Gasteiger partial charge is 0.326 e. The molecule has 1 aromatic heterocycles. The van der Waals surface area contributed by atoms with Crippen LogP contribution in [0.3, 0.4) is 0 Å². The van der Waals surface area contributed by atoms with Gasteiger partial charge in [-0.15, -0.1) is 0 Å². The average molecular weight is 288 g/mol. The Morgan fingerprint density at radius 2 is 1.90 bits per heavy atom. The molecule has 2 aromatic rings. The van der Waals surface area contributed by atoms with E-state index in [2.05, 4.69) is 10.6 Å². The van der Waals surface area contributed by atoms with Gasteiger partial charge in [-0.3, -0.25) is 0 Å². The van der Waals surface area contributed by atoms with E-state index < -0.39 is 18.0 Å². The van der Waals surface area contributed by atoms with Gasteiger partial charge in [-0.1, -0.05) is 30.3 Å². The number of hydrogen-bond acceptors (Lipinski definition) is 3. The zero-order valence-corrected chi connectivity index (χ0v) is 11.3. The van der Waals surface area contributed by atoms with Crippen molar-refractivity contribution >= 4 is 12.0 Å². The van der Waals surface area contributed by atoms with Gasteiger partial charge in [0.05, 0.1) is 12.5 Å². The van der Waals surface area contributed by atoms with Crippen molar-refractivity contribution in [3.63, 3.8) is 0 Å². The molecule has 0 aliphatic rings. The number of hydrogen-bond donors (Lipinski definition) is 3. The monoisotopic (exact) mass is 288 g/mol. The second-order valence-corrected chi connectivity index (χ2v) is 4.54. The van der Waals surface area contributed by atoms with Gasteiger partial charge in [0, 0.05) is 18.5 Å². The summed E-state index contributed by atoms with van der Waals surface area (Å²) in [5, 5.41) is 14.2. The summed E-state index contributed by atoms with van der Waals surface area (Å²) < 4.78 is 4.88. The van der Waals surface area contributed by atoms with Crippen LogP contribution >= 0.6 is 0 Å². The van der Waals surface area contributed by atoms with Gasteiger partial charge in [-0.05, 0) is 11.6 Å². The molecule has 1 heterocycles. The van der Waals surface area contributed by atoms with E-state index in [1.54, 1.807) is 6.07 Å². The third-order valence-electron chi connectivity index (χ3n) is 2.92. The van der Waals surface area contributed by atoms with Gasteiger partial charge < -0.3 is 20.2 Å². The lowest BCUT2D eigenvalue weighted by molar-refractivity contribution is -0.139. The number of aliphatic carboxylic acids is 1. The minimum atomic E-state index is -1.07. The molecule has 1 aromatic carbocycles. The first-order valence-electron chi connectivity index (χ1n) is 6.47. The number of carbonyl (C=O) groups is 2. The molecule has 0 bridgehead atoms. The number of carbonyl (C=O) groups excluding carboxylic acids is 1. The maximum atomic E-state index is 11.7. The number of rotatable bonds is 6. The molecule has 2 rings (SSSR count). The molecule has 110 valence electrons. The fourth-order valence-electron chi connectivity index (χ4n) is 1.83. The molecule has 2 amide bonds. The zero-order chi connectivity index (χ0) is 15.1. The van der Waals surface area contributed by atoms with Crippen LogP contribution in [-0.4, -0.2) is 23.1 Å². The largest absolute Gasteiger partial charge is 0.480 e. The molecule has 0 aliphatic heterocycles. The van der Waals surface area contributed by atoms with E-state index in [1.165, 1.54) is 12.5 Å². The Labute approximate surface area is 121 Å². The summed E-state index contributed by atoms with van der Waals surface area (Å²) in [6.07, 6.45) is 3.25. The van der Waals surface area contributed by atoms with Gasteiger partial charge in [-0.25, -0.2) is 9.59 Å². The third-order valence-corrected chi connectivity index (χ3v) is 2.92. The summed E-state index contributed by atoms with van der Waals surface area (Å²) in [5.41, 5.74) is 1.65. The van der Waals surface area contributed by atoms with Crippen LogP contribution in [0.1, 0.15) is 11.1 Å². The SMILES string of the molecule is O=C(NCc1ccoc1)N[C@@H](Cc1ccccc1)C(=O)O. The molecule has 0 aliphatic carbocycles. The molecule has 6 nitrogen and oxygen atoms in total. The lowest BCUT2D eigenvalue weighted by atomic mass is 10.1. The molecule has 0 unspecified atom stereocenters. The van der Waals surface area contributed by atoms with Crippen LogP contribution in [-0.2, 0) is 17.8 Å². The molecule has 0 saturated heterocycles. The first-order valence-corrected chi connectivity index (χ1v) is 6.47. The quantitative estimate of drug-likeness (QED) is 0.755. The van der Waals surface area contributed by atoms with Gasteiger partial charge in [0.25, 0.3) is 0 Å². The summed E-state index contributed by atoms with van der Waals surface area (Å²) >= 11 is 0. The predicted octanol–water partition coefficient (Wildman–Crippen LogP) is 1.77. The van der Waals surface area contributed by atoms with Crippen LogP contribution in [0.15, 0.2) is 53.3 Å². The van der Waals surface area contributed by atoms with Gasteiger partial charge >= 0.3 is 12.0 Å². The highest BCUT2D eigenvalue weighted by molar-refractivity contribution is 5.82. The lowest BCUT2D eigenvalue weighted by Crippen LogP contribution is -2.46. The lowest BCUT2D eigenvalue weighted by Gasteiger charge is -2.15. The van der Waals surface area contributed by atoms with Crippen LogP contribution in [0.2, 0.25) is 0 Å². The predicted molar refractivity (Wildman–Crippen MR) is 75.6 cm³/mol. The number of carboxylic acids is 1. The summed E-state index contributed by atoms with van der Waals surface area (Å²) in [5.74, 6) is -1.07. The van der Waals surface area contributed by atoms with Gasteiger partial charge in [0.2, 0.25) is 0 Å². The average Bonchev–Trinajstić information content (AvgIpc) is 2.99. The highest BCUT2D eigenvalue weighted by Gasteiger charge is 2.20. The number of nitrogens with one attached hydrogen (secondary N) is 2. The minimum absolute atomic E-state index is 0.231. The van der Waals surface area contributed by atoms with E-state index in [0.717, 1.165) is 11.1 Å². The number of carboxylic acid groups (broad SMARTS) is 1. The topological polar surface area (TPSA) is 91.6 Å². The molecule has 0 fully saturated rings. The summed E-state index contributed by atoms with van der Waals surface area (Å²) in [4.78, 5) is 22.9. The van der Waals surface area contributed by atoms with E-state index in [-0.39, 0.29) is 13.0 Å². The minimum Gasteiger partial charge on any atom is -0.480 e. The van der Waals surface area contributed by atoms with Crippen molar-refractivity contribution in [1.82, 2.24) is 10.6 Å². The normalized spacial score (nSPS) is 11.6. The first kappa shape index (κ1) is 14.6. The van der Waals surface area contributed by atoms with E-state index in [9.17, 15) is 14.7 Å². The van der Waals surface area contributed by atoms with Crippen LogP contribution in [0, 0.1) is 0 Å². The summed E-state index contributed by atoms with van der Waals surface area (Å²) in [6, 6.07) is 9.36. The van der Waals surface area contributed by atoms with Crippen LogP contribution < -0.4 is 10.6 Å². The van der Waals surface area contributed by atoms with Gasteiger partial charge in [0.1, 0.15) is 6.04 Å². The van der Waals surface area contributed by atoms with Crippen molar-refractivity contribution in [3.8, 4) is 0 Å². The third kappa shape index (κ3) is 4.68. The van der Waals surface area contributed by atoms with E-state index >= 15 is 0 Å². The van der Waals surface area contributed by atoms with Crippen LogP contribution in [0.5, 0.6) is 0 Å². The van der Waals surface area contributed by atoms with Gasteiger partial charge in [-0.2, -0.15) is 0 Å². The first-order chi connectivity index (χ1) is 10.1. The Morgan fingerprint density at radius 3 is 2.52 bits per heavy atom. The Balaban J connectivity index is 1.87. The van der Waals surface area contributed by atoms with Crippen LogP contribution in [0.25, 0.3) is 0 Å². The zero-order valence-electron chi connectivity index (χ0n) is 11.3. The summed E-state index contributed by atoms with van der Waals surface area (Å²) in [7, 11) is 0. The standard InChI is InChI=1S/C15H16N2O4/c18-14(19)13(8-11-4-2-1-3-5-11)17-15(20)16-9-12-6-7-21-10-12/h1-7,10,13H,8-9H2,(H,18,19)(H2,16,17,20)/t13-/m0/s1. The Morgan fingerprint density at radius 1 is 1.14 bits per heavy atom. The fourth-order valence-corrected chi connectivity index (χ4v) is 1.83. The van der Waals surface area contributed by atoms with E-state index in [0.29, 0.717) is 0 Å². The number of benzene rings is 1. The number of amides is 2. The fraction of sp³-hybridized carbons (Fsp3) is 0.200. The highest BCUT2D eigenvalue weighted by Crippen LogP contribution is 2.04. The second-order valence-electron chi connectivity index (χ2n) is 4.54. The Hall–Kier alpha value is -2.76.